The van der Waals surface area contributed by atoms with Gasteiger partial charge >= 0.3 is 6.01 Å². The molecule has 2 N–H and O–H groups in total. The van der Waals surface area contributed by atoms with E-state index in [0.717, 1.165) is 6.07 Å². The number of benzene rings is 3. The van der Waals surface area contributed by atoms with Gasteiger partial charge in [0.1, 0.15) is 30.0 Å². The molecule has 1 amide bonds. The van der Waals surface area contributed by atoms with E-state index >= 15 is 0 Å². The molecule has 9 nitrogen and oxygen atoms in total. The van der Waals surface area contributed by atoms with Crippen LogP contribution in [-0.4, -0.2) is 26.5 Å². The number of nitrogens with zero attached hydrogens (tertiary/aromatic N) is 3. The highest BCUT2D eigenvalue weighted by Gasteiger charge is 2.18. The molecule has 5 rings (SSSR count). The maximum Gasteiger partial charge on any atom is 0.338 e. The Morgan fingerprint density at radius 3 is 2.69 bits per heavy atom. The van der Waals surface area contributed by atoms with Crippen LogP contribution in [0.25, 0.3) is 11.0 Å². The number of halogens is 3. The van der Waals surface area contributed by atoms with Crippen molar-refractivity contribution in [2.75, 3.05) is 5.32 Å². The Morgan fingerprint density at radius 1 is 1.11 bits per heavy atom. The average molecular weight is 498 g/mol. The second-order valence-electron chi connectivity index (χ2n) is 7.24. The fourth-order valence-corrected chi connectivity index (χ4v) is 3.44. The molecule has 0 spiro atoms. The smallest absolute Gasteiger partial charge is 0.338 e. The lowest BCUT2D eigenvalue weighted by molar-refractivity contribution is 0.102. The Hall–Kier alpha value is -4.51. The number of carbonyl (C=O) groups is 1. The maximum atomic E-state index is 14.5. The highest BCUT2D eigenvalue weighted by molar-refractivity contribution is 6.31. The van der Waals surface area contributed by atoms with Gasteiger partial charge in [-0.2, -0.15) is 0 Å². The minimum absolute atomic E-state index is 0.0963. The molecule has 0 aliphatic carbocycles. The first-order chi connectivity index (χ1) is 17.0. The number of carbonyl (C=O) groups excluding carboxylic acids is 1. The number of anilines is 1. The minimum atomic E-state index is -0.730. The lowest BCUT2D eigenvalue weighted by atomic mass is 10.1. The van der Waals surface area contributed by atoms with Crippen LogP contribution >= 0.6 is 11.6 Å². The topological polar surface area (TPSA) is 115 Å². The molecule has 2 aromatic heterocycles. The molecule has 0 aliphatic rings. The van der Waals surface area contributed by atoms with Gasteiger partial charge < -0.3 is 19.2 Å². The lowest BCUT2D eigenvalue weighted by Gasteiger charge is -2.09. The molecule has 3 aromatic carbocycles. The zero-order chi connectivity index (χ0) is 24.4. The van der Waals surface area contributed by atoms with E-state index in [0.29, 0.717) is 17.0 Å². The number of rotatable bonds is 7. The Bertz CT molecular complexity index is 1510. The van der Waals surface area contributed by atoms with E-state index in [-0.39, 0.29) is 39.9 Å². The highest BCUT2D eigenvalue weighted by Crippen LogP contribution is 2.31. The molecule has 0 saturated carbocycles. The maximum absolute atomic E-state index is 14.5. The zero-order valence-electron chi connectivity index (χ0n) is 17.6. The van der Waals surface area contributed by atoms with Crippen LogP contribution in [0.3, 0.4) is 0 Å². The third kappa shape index (κ3) is 4.89. The number of aromatic amines is 1. The van der Waals surface area contributed by atoms with Gasteiger partial charge in [-0.1, -0.05) is 22.8 Å². The van der Waals surface area contributed by atoms with Crippen LogP contribution in [0.2, 0.25) is 5.02 Å². The summed E-state index contributed by atoms with van der Waals surface area (Å²) in [4.78, 5) is 12.8. The standard InChI is InChI=1S/C23H14ClF2N5O4/c24-18-7-13(25)2-1-12(18)10-33-15-5-3-14(4-6-15)27-22(32)17-11-34-20-9-21(19(26)8-16(17)20)35-23-28-30-31-29-23/h1-9,11H,10H2,(H,27,32)(H,28,29,30,31). The predicted molar refractivity (Wildman–Crippen MR) is 121 cm³/mol. The second kappa shape index (κ2) is 9.39. The van der Waals surface area contributed by atoms with Crippen molar-refractivity contribution in [2.24, 2.45) is 0 Å². The summed E-state index contributed by atoms with van der Waals surface area (Å²) in [7, 11) is 0. The summed E-state index contributed by atoms with van der Waals surface area (Å²) in [6, 6.07) is 13.0. The van der Waals surface area contributed by atoms with E-state index in [2.05, 4.69) is 25.9 Å². The first kappa shape index (κ1) is 22.3. The van der Waals surface area contributed by atoms with Crippen molar-refractivity contribution in [3.8, 4) is 17.5 Å². The van der Waals surface area contributed by atoms with Crippen molar-refractivity contribution in [3.63, 3.8) is 0 Å². The second-order valence-corrected chi connectivity index (χ2v) is 7.65. The number of hydrogen-bond donors (Lipinski definition) is 2. The summed E-state index contributed by atoms with van der Waals surface area (Å²) in [5.41, 5.74) is 1.49. The summed E-state index contributed by atoms with van der Waals surface area (Å²) in [5.74, 6) is -1.30. The van der Waals surface area contributed by atoms with E-state index < -0.39 is 17.5 Å². The molecule has 12 heteroatoms. The van der Waals surface area contributed by atoms with Crippen LogP contribution in [-0.2, 0) is 6.61 Å². The number of furan rings is 1. The summed E-state index contributed by atoms with van der Waals surface area (Å²) in [6.45, 7) is 0.149. The van der Waals surface area contributed by atoms with Gasteiger partial charge in [-0.05, 0) is 52.9 Å². The average Bonchev–Trinajstić information content (AvgIpc) is 3.49. The van der Waals surface area contributed by atoms with Gasteiger partial charge in [-0.3, -0.25) is 4.79 Å². The number of amides is 1. The molecule has 0 saturated heterocycles. The van der Waals surface area contributed by atoms with E-state index in [1.165, 1.54) is 24.5 Å². The van der Waals surface area contributed by atoms with Crippen LogP contribution in [0.1, 0.15) is 15.9 Å². The van der Waals surface area contributed by atoms with E-state index in [9.17, 15) is 13.6 Å². The van der Waals surface area contributed by atoms with Crippen LogP contribution in [0.15, 0.2) is 65.3 Å². The highest BCUT2D eigenvalue weighted by atomic mass is 35.5. The fourth-order valence-electron chi connectivity index (χ4n) is 3.21. The van der Waals surface area contributed by atoms with Crippen molar-refractivity contribution in [1.82, 2.24) is 20.6 Å². The largest absolute Gasteiger partial charge is 0.489 e. The van der Waals surface area contributed by atoms with E-state index in [1.54, 1.807) is 30.3 Å². The summed E-state index contributed by atoms with van der Waals surface area (Å²) < 4.78 is 44.0. The molecule has 176 valence electrons. The normalized spacial score (nSPS) is 10.9. The molecule has 2 heterocycles. The van der Waals surface area contributed by atoms with E-state index in [1.807, 2.05) is 0 Å². The number of fused-ring (bicyclic) bond motifs is 1. The van der Waals surface area contributed by atoms with Crippen LogP contribution in [0.4, 0.5) is 14.5 Å². The number of aromatic nitrogens is 4. The molecule has 0 atom stereocenters. The van der Waals surface area contributed by atoms with Gasteiger partial charge in [0.05, 0.1) is 10.6 Å². The minimum Gasteiger partial charge on any atom is -0.489 e. The number of tetrazole rings is 1. The number of nitrogens with one attached hydrogen (secondary N) is 2. The van der Waals surface area contributed by atoms with Gasteiger partial charge in [-0.25, -0.2) is 13.9 Å². The van der Waals surface area contributed by atoms with Crippen molar-refractivity contribution >= 4 is 34.2 Å². The Labute approximate surface area is 200 Å². The molecule has 0 aliphatic heterocycles. The van der Waals surface area contributed by atoms with Crippen LogP contribution < -0.4 is 14.8 Å². The van der Waals surface area contributed by atoms with Crippen molar-refractivity contribution < 1.29 is 27.5 Å². The van der Waals surface area contributed by atoms with Gasteiger partial charge in [-0.15, -0.1) is 0 Å². The summed E-state index contributed by atoms with van der Waals surface area (Å²) >= 11 is 6.00. The SMILES string of the molecule is O=C(Nc1ccc(OCc2ccc(F)cc2Cl)cc1)c1coc2cc(Oc3nnn[nH]3)c(F)cc12. The number of H-pyrrole nitrogens is 1. The molecule has 0 radical (unpaired) electrons. The van der Waals surface area contributed by atoms with Gasteiger partial charge in [0.15, 0.2) is 11.6 Å². The number of hydrogen-bond acceptors (Lipinski definition) is 7. The fraction of sp³-hybridized carbons (Fsp3) is 0.0435. The number of ether oxygens (including phenoxy) is 2. The molecule has 5 aromatic rings. The molecule has 0 bridgehead atoms. The van der Waals surface area contributed by atoms with Gasteiger partial charge in [0.2, 0.25) is 0 Å². The molecule has 0 unspecified atom stereocenters. The first-order valence-corrected chi connectivity index (χ1v) is 10.4. The third-order valence-electron chi connectivity index (χ3n) is 4.93. The molecule has 35 heavy (non-hydrogen) atoms. The quantitative estimate of drug-likeness (QED) is 0.305. The third-order valence-corrected chi connectivity index (χ3v) is 5.28. The molecule has 0 fully saturated rings. The molecular weight excluding hydrogens is 484 g/mol. The Balaban J connectivity index is 1.26. The monoisotopic (exact) mass is 497 g/mol. The van der Waals surface area contributed by atoms with Crippen LogP contribution in [0, 0.1) is 11.6 Å². The van der Waals surface area contributed by atoms with Gasteiger partial charge in [0, 0.05) is 22.7 Å². The summed E-state index contributed by atoms with van der Waals surface area (Å²) in [5, 5.41) is 15.8. The Morgan fingerprint density at radius 2 is 1.94 bits per heavy atom. The van der Waals surface area contributed by atoms with Gasteiger partial charge in [0.25, 0.3) is 5.91 Å². The van der Waals surface area contributed by atoms with Crippen molar-refractivity contribution in [2.45, 2.75) is 6.61 Å². The zero-order valence-corrected chi connectivity index (χ0v) is 18.3. The predicted octanol–water partition coefficient (Wildman–Crippen LogP) is 5.50. The molecular formula is C23H14ClF2N5O4. The van der Waals surface area contributed by atoms with Crippen LogP contribution in [0.5, 0.6) is 17.5 Å². The lowest BCUT2D eigenvalue weighted by Crippen LogP contribution is -2.11. The summed E-state index contributed by atoms with van der Waals surface area (Å²) in [6.07, 6.45) is 1.23. The first-order valence-electron chi connectivity index (χ1n) is 10.1. The van der Waals surface area contributed by atoms with Crippen molar-refractivity contribution in [1.29, 1.82) is 0 Å². The van der Waals surface area contributed by atoms with E-state index in [4.69, 9.17) is 25.5 Å². The van der Waals surface area contributed by atoms with Crippen molar-refractivity contribution in [3.05, 3.63) is 88.6 Å². The Kier molecular flexibility index (Phi) is 5.98.